The predicted molar refractivity (Wildman–Crippen MR) is 51.0 cm³/mol. The molecule has 2 aromatic heterocycles. The second-order valence-electron chi connectivity index (χ2n) is 3.06. The van der Waals surface area contributed by atoms with Gasteiger partial charge >= 0.3 is 0 Å². The maximum Gasteiger partial charge on any atom is 0.263 e. The molecule has 0 bridgehead atoms. The van der Waals surface area contributed by atoms with Crippen molar-refractivity contribution in [2.75, 3.05) is 0 Å². The molecule has 0 saturated carbocycles. The van der Waals surface area contributed by atoms with E-state index in [0.717, 1.165) is 0 Å². The number of aromatic amines is 1. The van der Waals surface area contributed by atoms with Crippen molar-refractivity contribution in [1.82, 2.24) is 15.1 Å². The number of aliphatic hydroxyl groups is 1. The van der Waals surface area contributed by atoms with Gasteiger partial charge in [0.15, 0.2) is 11.3 Å². The molecule has 78 valence electrons. The zero-order valence-corrected chi connectivity index (χ0v) is 7.97. The fourth-order valence-corrected chi connectivity index (χ4v) is 1.10. The van der Waals surface area contributed by atoms with Gasteiger partial charge in [-0.15, -0.1) is 0 Å². The number of hydrogen-bond acceptors (Lipinski definition) is 5. The van der Waals surface area contributed by atoms with Gasteiger partial charge < -0.3 is 14.6 Å². The lowest BCUT2D eigenvalue weighted by Crippen LogP contribution is -2.03. The van der Waals surface area contributed by atoms with Crippen LogP contribution in [0.25, 0.3) is 11.5 Å². The largest absolute Gasteiger partial charge is 0.385 e. The van der Waals surface area contributed by atoms with Crippen molar-refractivity contribution in [1.29, 1.82) is 0 Å². The minimum atomic E-state index is -0.815. The van der Waals surface area contributed by atoms with Gasteiger partial charge in [-0.05, 0) is 6.92 Å². The predicted octanol–water partition coefficient (Wildman–Crippen LogP) is 0.478. The maximum absolute atomic E-state index is 11.4. The van der Waals surface area contributed by atoms with E-state index in [9.17, 15) is 9.90 Å². The van der Waals surface area contributed by atoms with Crippen LogP contribution in [0.4, 0.5) is 0 Å². The summed E-state index contributed by atoms with van der Waals surface area (Å²) in [6, 6.07) is 1.36. The van der Waals surface area contributed by atoms with Gasteiger partial charge in [0.25, 0.3) is 5.89 Å². The summed E-state index contributed by atoms with van der Waals surface area (Å²) in [5.74, 6) is 0.265. The SMILES string of the molecule is CC(O)c1noc(-c2c[nH]ccc2=O)n1. The minimum absolute atomic E-state index is 0.104. The van der Waals surface area contributed by atoms with Crippen molar-refractivity contribution >= 4 is 0 Å². The highest BCUT2D eigenvalue weighted by Crippen LogP contribution is 2.14. The number of aromatic nitrogens is 3. The van der Waals surface area contributed by atoms with Crippen LogP contribution in [-0.4, -0.2) is 20.2 Å². The first-order chi connectivity index (χ1) is 7.18. The zero-order valence-electron chi connectivity index (χ0n) is 7.97. The number of hydrogen-bond donors (Lipinski definition) is 2. The molecule has 6 heteroatoms. The van der Waals surface area contributed by atoms with Crippen LogP contribution in [-0.2, 0) is 0 Å². The number of rotatable bonds is 2. The average molecular weight is 207 g/mol. The van der Waals surface area contributed by atoms with E-state index in [2.05, 4.69) is 15.1 Å². The summed E-state index contributed by atoms with van der Waals surface area (Å²) in [5.41, 5.74) is 0.0754. The van der Waals surface area contributed by atoms with Gasteiger partial charge in [0.05, 0.1) is 0 Å². The molecule has 0 aliphatic heterocycles. The molecular formula is C9H9N3O3. The summed E-state index contributed by atoms with van der Waals surface area (Å²) in [4.78, 5) is 18.0. The van der Waals surface area contributed by atoms with Gasteiger partial charge in [-0.3, -0.25) is 4.79 Å². The van der Waals surface area contributed by atoms with Gasteiger partial charge in [0, 0.05) is 18.5 Å². The number of pyridine rings is 1. The van der Waals surface area contributed by atoms with E-state index in [4.69, 9.17) is 4.52 Å². The lowest BCUT2D eigenvalue weighted by atomic mass is 10.3. The standard InChI is InChI=1S/C9H9N3O3/c1-5(13)8-11-9(15-12-8)6-4-10-3-2-7(6)14/h2-5,13H,1H3,(H,10,14). The molecule has 2 N–H and O–H groups in total. The summed E-state index contributed by atoms with van der Waals surface area (Å²) < 4.78 is 4.85. The van der Waals surface area contributed by atoms with Crippen molar-refractivity contribution in [2.45, 2.75) is 13.0 Å². The van der Waals surface area contributed by atoms with Crippen molar-refractivity contribution in [2.24, 2.45) is 0 Å². The molecule has 6 nitrogen and oxygen atoms in total. The second-order valence-corrected chi connectivity index (χ2v) is 3.06. The van der Waals surface area contributed by atoms with E-state index in [0.29, 0.717) is 0 Å². The van der Waals surface area contributed by atoms with E-state index in [1.165, 1.54) is 25.4 Å². The first-order valence-electron chi connectivity index (χ1n) is 4.37. The number of nitrogens with zero attached hydrogens (tertiary/aromatic N) is 2. The molecule has 0 aliphatic rings. The highest BCUT2D eigenvalue weighted by molar-refractivity contribution is 5.50. The monoisotopic (exact) mass is 207 g/mol. The van der Waals surface area contributed by atoms with E-state index in [1.807, 2.05) is 0 Å². The van der Waals surface area contributed by atoms with E-state index in [1.54, 1.807) is 0 Å². The van der Waals surface area contributed by atoms with E-state index < -0.39 is 6.10 Å². The topological polar surface area (TPSA) is 92.0 Å². The molecule has 0 fully saturated rings. The molecule has 2 rings (SSSR count). The fraction of sp³-hybridized carbons (Fsp3) is 0.222. The lowest BCUT2D eigenvalue weighted by molar-refractivity contribution is 0.184. The second kappa shape index (κ2) is 3.66. The summed E-state index contributed by atoms with van der Waals surface area (Å²) >= 11 is 0. The summed E-state index contributed by atoms with van der Waals surface area (Å²) in [6.45, 7) is 1.52. The van der Waals surface area contributed by atoms with Crippen molar-refractivity contribution in [3.05, 3.63) is 34.5 Å². The Kier molecular flexibility index (Phi) is 2.34. The number of nitrogens with one attached hydrogen (secondary N) is 1. The van der Waals surface area contributed by atoms with Gasteiger partial charge in [0.1, 0.15) is 11.7 Å². The molecule has 0 spiro atoms. The lowest BCUT2D eigenvalue weighted by Gasteiger charge is -1.92. The molecule has 0 amide bonds. The Morgan fingerprint density at radius 1 is 1.60 bits per heavy atom. The Bertz CT molecular complexity index is 515. The average Bonchev–Trinajstić information content (AvgIpc) is 2.67. The Balaban J connectivity index is 2.47. The molecule has 2 aromatic rings. The van der Waals surface area contributed by atoms with Crippen LogP contribution in [0.2, 0.25) is 0 Å². The van der Waals surface area contributed by atoms with Crippen LogP contribution in [0.15, 0.2) is 27.8 Å². The zero-order chi connectivity index (χ0) is 10.8. The Morgan fingerprint density at radius 3 is 3.00 bits per heavy atom. The Labute approximate surface area is 84.6 Å². The Hall–Kier alpha value is -1.95. The summed E-state index contributed by atoms with van der Waals surface area (Å²) in [6.07, 6.45) is 2.17. The molecule has 15 heavy (non-hydrogen) atoms. The summed E-state index contributed by atoms with van der Waals surface area (Å²) in [7, 11) is 0. The van der Waals surface area contributed by atoms with Crippen molar-refractivity contribution in [3.8, 4) is 11.5 Å². The molecule has 1 unspecified atom stereocenters. The van der Waals surface area contributed by atoms with Crippen LogP contribution in [0, 0.1) is 0 Å². The van der Waals surface area contributed by atoms with Gasteiger partial charge in [-0.25, -0.2) is 0 Å². The molecular weight excluding hydrogens is 198 g/mol. The van der Waals surface area contributed by atoms with Gasteiger partial charge in [-0.1, -0.05) is 5.16 Å². The Morgan fingerprint density at radius 2 is 2.40 bits per heavy atom. The fourth-order valence-electron chi connectivity index (χ4n) is 1.10. The van der Waals surface area contributed by atoms with Gasteiger partial charge in [-0.2, -0.15) is 4.98 Å². The molecule has 1 atom stereocenters. The third-order valence-corrected chi connectivity index (χ3v) is 1.87. The minimum Gasteiger partial charge on any atom is -0.385 e. The van der Waals surface area contributed by atoms with Gasteiger partial charge in [0.2, 0.25) is 0 Å². The quantitative estimate of drug-likeness (QED) is 0.747. The van der Waals surface area contributed by atoms with Crippen LogP contribution in [0.3, 0.4) is 0 Å². The van der Waals surface area contributed by atoms with Crippen molar-refractivity contribution < 1.29 is 9.63 Å². The van der Waals surface area contributed by atoms with Crippen molar-refractivity contribution in [3.63, 3.8) is 0 Å². The van der Waals surface area contributed by atoms with Crippen LogP contribution in [0.1, 0.15) is 18.9 Å². The highest BCUT2D eigenvalue weighted by atomic mass is 16.5. The first kappa shape index (κ1) is 9.60. The number of H-pyrrole nitrogens is 1. The number of aliphatic hydroxyl groups excluding tert-OH is 1. The molecule has 0 radical (unpaired) electrons. The normalized spacial score (nSPS) is 12.7. The van der Waals surface area contributed by atoms with Crippen LogP contribution < -0.4 is 5.43 Å². The smallest absolute Gasteiger partial charge is 0.263 e. The van der Waals surface area contributed by atoms with E-state index in [-0.39, 0.29) is 22.7 Å². The first-order valence-corrected chi connectivity index (χ1v) is 4.37. The molecule has 0 aliphatic carbocycles. The third-order valence-electron chi connectivity index (χ3n) is 1.87. The maximum atomic E-state index is 11.4. The molecule has 0 aromatic carbocycles. The molecule has 0 saturated heterocycles. The summed E-state index contributed by atoms with van der Waals surface area (Å²) in [5, 5.41) is 12.7. The van der Waals surface area contributed by atoms with Crippen LogP contribution >= 0.6 is 0 Å². The third kappa shape index (κ3) is 1.79. The van der Waals surface area contributed by atoms with Crippen LogP contribution in [0.5, 0.6) is 0 Å². The highest BCUT2D eigenvalue weighted by Gasteiger charge is 2.14. The molecule has 2 heterocycles. The van der Waals surface area contributed by atoms with E-state index >= 15 is 0 Å².